The van der Waals surface area contributed by atoms with Crippen molar-refractivity contribution in [3.8, 4) is 0 Å². The summed E-state index contributed by atoms with van der Waals surface area (Å²) in [6.45, 7) is 7.01. The van der Waals surface area contributed by atoms with Crippen molar-refractivity contribution in [1.29, 1.82) is 0 Å². The summed E-state index contributed by atoms with van der Waals surface area (Å²) in [4.78, 5) is 36.2. The van der Waals surface area contributed by atoms with E-state index in [1.165, 1.54) is 0 Å². The van der Waals surface area contributed by atoms with Crippen molar-refractivity contribution in [1.82, 2.24) is 4.90 Å². The lowest BCUT2D eigenvalue weighted by molar-refractivity contribution is -0.144. The molecule has 1 atom stereocenters. The maximum Gasteiger partial charge on any atom is 0.306 e. The van der Waals surface area contributed by atoms with Gasteiger partial charge in [-0.3, -0.25) is 14.4 Å². The van der Waals surface area contributed by atoms with Gasteiger partial charge < -0.3 is 9.64 Å². The van der Waals surface area contributed by atoms with Crippen LogP contribution in [0.1, 0.15) is 40.0 Å². The van der Waals surface area contributed by atoms with Crippen molar-refractivity contribution < 1.29 is 19.1 Å². The highest BCUT2D eigenvalue weighted by Gasteiger charge is 2.32. The Hall–Kier alpha value is -1.39. The lowest BCUT2D eigenvalue weighted by atomic mass is 9.95. The van der Waals surface area contributed by atoms with Gasteiger partial charge in [-0.2, -0.15) is 0 Å². The first kappa shape index (κ1) is 15.7. The molecule has 1 amide bonds. The van der Waals surface area contributed by atoms with E-state index in [4.69, 9.17) is 4.74 Å². The number of esters is 1. The molecule has 0 saturated carbocycles. The summed E-state index contributed by atoms with van der Waals surface area (Å²) >= 11 is 0. The fraction of sp³-hybridized carbons (Fsp3) is 0.786. The van der Waals surface area contributed by atoms with Gasteiger partial charge in [0.1, 0.15) is 0 Å². The smallest absolute Gasteiger partial charge is 0.306 e. The molecule has 5 nitrogen and oxygen atoms in total. The number of carbonyl (C=O) groups is 3. The normalized spacial score (nSPS) is 19.1. The van der Waals surface area contributed by atoms with Gasteiger partial charge in [0.15, 0.2) is 5.78 Å². The SMILES string of the molecule is CCOC(=O)CCC(=O)CN1CC(C(C)C)CC1=O. The molecule has 0 radical (unpaired) electrons. The summed E-state index contributed by atoms with van der Waals surface area (Å²) in [6.07, 6.45) is 0.778. The summed E-state index contributed by atoms with van der Waals surface area (Å²) in [6, 6.07) is 0. The minimum Gasteiger partial charge on any atom is -0.466 e. The number of likely N-dealkylation sites (tertiary alicyclic amines) is 1. The van der Waals surface area contributed by atoms with Crippen LogP contribution in [0.5, 0.6) is 0 Å². The van der Waals surface area contributed by atoms with E-state index in [1.54, 1.807) is 11.8 Å². The summed E-state index contributed by atoms with van der Waals surface area (Å²) < 4.78 is 4.76. The van der Waals surface area contributed by atoms with Crippen LogP contribution in [-0.2, 0) is 19.1 Å². The van der Waals surface area contributed by atoms with Gasteiger partial charge in [0, 0.05) is 19.4 Å². The predicted molar refractivity (Wildman–Crippen MR) is 70.4 cm³/mol. The van der Waals surface area contributed by atoms with Gasteiger partial charge >= 0.3 is 5.97 Å². The average molecular weight is 269 g/mol. The van der Waals surface area contributed by atoms with Crippen LogP contribution in [0.4, 0.5) is 0 Å². The Labute approximate surface area is 114 Å². The third-order valence-corrected chi connectivity index (χ3v) is 3.47. The highest BCUT2D eigenvalue weighted by Crippen LogP contribution is 2.24. The van der Waals surface area contributed by atoms with Gasteiger partial charge in [-0.1, -0.05) is 13.8 Å². The second kappa shape index (κ2) is 7.26. The van der Waals surface area contributed by atoms with Crippen molar-refractivity contribution in [2.75, 3.05) is 19.7 Å². The number of rotatable bonds is 7. The molecule has 1 aliphatic heterocycles. The van der Waals surface area contributed by atoms with E-state index in [-0.39, 0.29) is 37.0 Å². The van der Waals surface area contributed by atoms with E-state index < -0.39 is 0 Å². The van der Waals surface area contributed by atoms with Gasteiger partial charge in [0.05, 0.1) is 19.6 Å². The molecule has 1 rings (SSSR count). The van der Waals surface area contributed by atoms with Gasteiger partial charge in [0.2, 0.25) is 5.91 Å². The molecule has 19 heavy (non-hydrogen) atoms. The molecule has 1 unspecified atom stereocenters. The molecule has 0 aromatic carbocycles. The zero-order valence-electron chi connectivity index (χ0n) is 12.0. The first-order valence-corrected chi connectivity index (χ1v) is 6.89. The molecule has 0 bridgehead atoms. The van der Waals surface area contributed by atoms with Crippen molar-refractivity contribution in [3.63, 3.8) is 0 Å². The Kier molecular flexibility index (Phi) is 5.99. The van der Waals surface area contributed by atoms with Crippen LogP contribution < -0.4 is 0 Å². The van der Waals surface area contributed by atoms with E-state index in [2.05, 4.69) is 13.8 Å². The van der Waals surface area contributed by atoms with E-state index in [0.717, 1.165) is 0 Å². The number of carbonyl (C=O) groups excluding carboxylic acids is 3. The number of hydrogen-bond acceptors (Lipinski definition) is 4. The van der Waals surface area contributed by atoms with E-state index in [9.17, 15) is 14.4 Å². The zero-order valence-corrected chi connectivity index (χ0v) is 12.0. The highest BCUT2D eigenvalue weighted by atomic mass is 16.5. The maximum absolute atomic E-state index is 11.7. The van der Waals surface area contributed by atoms with Gasteiger partial charge in [-0.15, -0.1) is 0 Å². The molecule has 1 fully saturated rings. The molecule has 1 saturated heterocycles. The minimum atomic E-state index is -0.358. The van der Waals surface area contributed by atoms with Crippen LogP contribution in [0.15, 0.2) is 0 Å². The molecular weight excluding hydrogens is 246 g/mol. The van der Waals surface area contributed by atoms with Crippen LogP contribution >= 0.6 is 0 Å². The van der Waals surface area contributed by atoms with E-state index in [1.807, 2.05) is 0 Å². The number of hydrogen-bond donors (Lipinski definition) is 0. The van der Waals surface area contributed by atoms with E-state index >= 15 is 0 Å². The van der Waals surface area contributed by atoms with Crippen LogP contribution in [0.25, 0.3) is 0 Å². The van der Waals surface area contributed by atoms with Crippen LogP contribution in [0.3, 0.4) is 0 Å². The Balaban J connectivity index is 2.33. The Bertz CT molecular complexity index is 351. The first-order chi connectivity index (χ1) is 8.93. The topological polar surface area (TPSA) is 63.7 Å². The highest BCUT2D eigenvalue weighted by molar-refractivity contribution is 5.89. The number of ketones is 1. The summed E-state index contributed by atoms with van der Waals surface area (Å²) in [5, 5.41) is 0. The lowest BCUT2D eigenvalue weighted by Gasteiger charge is -2.17. The van der Waals surface area contributed by atoms with Gasteiger partial charge in [-0.25, -0.2) is 0 Å². The molecule has 0 N–H and O–H groups in total. The molecule has 108 valence electrons. The van der Waals surface area contributed by atoms with Crippen molar-refractivity contribution in [2.24, 2.45) is 11.8 Å². The molecule has 0 aromatic rings. The molecule has 0 spiro atoms. The standard InChI is InChI=1S/C14H23NO4/c1-4-19-14(18)6-5-12(16)9-15-8-11(10(2)3)7-13(15)17/h10-11H,4-9H2,1-3H3. The lowest BCUT2D eigenvalue weighted by Crippen LogP contribution is -2.31. The Morgan fingerprint density at radius 1 is 1.37 bits per heavy atom. The van der Waals surface area contributed by atoms with Crippen molar-refractivity contribution in [3.05, 3.63) is 0 Å². The monoisotopic (exact) mass is 269 g/mol. The fourth-order valence-electron chi connectivity index (χ4n) is 2.17. The van der Waals surface area contributed by atoms with Crippen LogP contribution in [0, 0.1) is 11.8 Å². The second-order valence-electron chi connectivity index (χ2n) is 5.33. The molecule has 1 aliphatic rings. The molecule has 0 aromatic heterocycles. The Morgan fingerprint density at radius 3 is 2.58 bits per heavy atom. The molecular formula is C14H23NO4. The van der Waals surface area contributed by atoms with Crippen LogP contribution in [-0.4, -0.2) is 42.3 Å². The van der Waals surface area contributed by atoms with Gasteiger partial charge in [0.25, 0.3) is 0 Å². The molecule has 5 heteroatoms. The number of ether oxygens (including phenoxy) is 1. The largest absolute Gasteiger partial charge is 0.466 e. The quantitative estimate of drug-likeness (QED) is 0.655. The predicted octanol–water partition coefficient (Wildman–Crippen LogP) is 1.40. The molecule has 1 heterocycles. The zero-order chi connectivity index (χ0) is 14.4. The van der Waals surface area contributed by atoms with Gasteiger partial charge in [-0.05, 0) is 18.8 Å². The second-order valence-corrected chi connectivity index (χ2v) is 5.33. The third-order valence-electron chi connectivity index (χ3n) is 3.47. The molecule has 0 aliphatic carbocycles. The minimum absolute atomic E-state index is 0.0446. The third kappa shape index (κ3) is 5.01. The van der Waals surface area contributed by atoms with Crippen LogP contribution in [0.2, 0.25) is 0 Å². The summed E-state index contributed by atoms with van der Waals surface area (Å²) in [5.41, 5.74) is 0. The van der Waals surface area contributed by atoms with Crippen molar-refractivity contribution in [2.45, 2.75) is 40.0 Å². The fourth-order valence-corrected chi connectivity index (χ4v) is 2.17. The number of amides is 1. The number of Topliss-reactive ketones (excluding diaryl/α,β-unsaturated/α-hetero) is 1. The average Bonchev–Trinajstić information content (AvgIpc) is 2.69. The first-order valence-electron chi connectivity index (χ1n) is 6.89. The summed E-state index contributed by atoms with van der Waals surface area (Å²) in [7, 11) is 0. The Morgan fingerprint density at radius 2 is 2.05 bits per heavy atom. The van der Waals surface area contributed by atoms with Crippen molar-refractivity contribution >= 4 is 17.7 Å². The maximum atomic E-state index is 11.7. The summed E-state index contributed by atoms with van der Waals surface area (Å²) in [5.74, 6) is 0.395. The number of nitrogens with zero attached hydrogens (tertiary/aromatic N) is 1. The van der Waals surface area contributed by atoms with E-state index in [0.29, 0.717) is 31.4 Å².